The molecule has 0 atom stereocenters. The molecule has 0 spiro atoms. The fourth-order valence-electron chi connectivity index (χ4n) is 3.78. The summed E-state index contributed by atoms with van der Waals surface area (Å²) in [6, 6.07) is 18.3. The molecule has 0 radical (unpaired) electrons. The first-order valence-electron chi connectivity index (χ1n) is 11.1. The second-order valence-electron chi connectivity index (χ2n) is 7.98. The number of rotatable bonds is 9. The molecule has 3 aromatic rings. The zero-order valence-electron chi connectivity index (χ0n) is 19.5. The maximum absolute atomic E-state index is 13.0. The van der Waals surface area contributed by atoms with E-state index >= 15 is 0 Å². The van der Waals surface area contributed by atoms with Crippen LogP contribution in [0.3, 0.4) is 0 Å². The lowest BCUT2D eigenvalue weighted by atomic mass is 9.78. The number of carbonyl (C=O) groups is 1. The third kappa shape index (κ3) is 8.06. The molecule has 0 saturated carbocycles. The average molecular weight is 527 g/mol. The zero-order chi connectivity index (χ0) is 27.1. The molecular weight excluding hydrogens is 504 g/mol. The molecular formula is C26H23F6NO4. The SMILES string of the molecule is CCCOC(=O)NC(Cc1ccccc1)(c1cccc(OC(F)(F)F)c1)c1cccc(OC(F)(F)F)c1. The third-order valence-electron chi connectivity index (χ3n) is 5.19. The van der Waals surface area contributed by atoms with Crippen molar-refractivity contribution in [1.29, 1.82) is 0 Å². The van der Waals surface area contributed by atoms with Crippen LogP contribution >= 0.6 is 0 Å². The van der Waals surface area contributed by atoms with Crippen LogP contribution in [0.1, 0.15) is 30.0 Å². The van der Waals surface area contributed by atoms with Gasteiger partial charge >= 0.3 is 18.8 Å². The Morgan fingerprint density at radius 2 is 1.27 bits per heavy atom. The number of alkyl halides is 6. The predicted octanol–water partition coefficient (Wildman–Crippen LogP) is 7.11. The summed E-state index contributed by atoms with van der Waals surface area (Å²) in [4.78, 5) is 12.8. The van der Waals surface area contributed by atoms with E-state index in [-0.39, 0.29) is 24.2 Å². The molecule has 1 amide bonds. The molecule has 0 heterocycles. The van der Waals surface area contributed by atoms with Crippen molar-refractivity contribution in [2.45, 2.75) is 38.0 Å². The molecule has 37 heavy (non-hydrogen) atoms. The van der Waals surface area contributed by atoms with E-state index in [0.717, 1.165) is 24.3 Å². The topological polar surface area (TPSA) is 56.8 Å². The Morgan fingerprint density at radius 3 is 1.73 bits per heavy atom. The van der Waals surface area contributed by atoms with Crippen molar-refractivity contribution in [1.82, 2.24) is 5.32 Å². The van der Waals surface area contributed by atoms with Crippen molar-refractivity contribution < 1.29 is 45.3 Å². The van der Waals surface area contributed by atoms with Gasteiger partial charge in [0.2, 0.25) is 0 Å². The van der Waals surface area contributed by atoms with Gasteiger partial charge in [-0.2, -0.15) is 0 Å². The summed E-state index contributed by atoms with van der Waals surface area (Å²) in [7, 11) is 0. The number of hydrogen-bond donors (Lipinski definition) is 1. The molecule has 0 aliphatic carbocycles. The summed E-state index contributed by atoms with van der Waals surface area (Å²) < 4.78 is 91.1. The highest BCUT2D eigenvalue weighted by Gasteiger charge is 2.39. The van der Waals surface area contributed by atoms with Crippen LogP contribution in [0.15, 0.2) is 78.9 Å². The van der Waals surface area contributed by atoms with E-state index in [1.807, 2.05) is 0 Å². The molecule has 0 aromatic heterocycles. The van der Waals surface area contributed by atoms with E-state index < -0.39 is 35.9 Å². The first-order valence-corrected chi connectivity index (χ1v) is 11.1. The third-order valence-corrected chi connectivity index (χ3v) is 5.19. The van der Waals surface area contributed by atoms with Crippen LogP contribution in [-0.2, 0) is 16.7 Å². The van der Waals surface area contributed by atoms with Gasteiger partial charge < -0.3 is 19.5 Å². The maximum atomic E-state index is 13.0. The van der Waals surface area contributed by atoms with Crippen molar-refractivity contribution >= 4 is 6.09 Å². The lowest BCUT2D eigenvalue weighted by Crippen LogP contribution is -2.49. The Kier molecular flexibility index (Phi) is 8.57. The van der Waals surface area contributed by atoms with Crippen LogP contribution in [0, 0.1) is 0 Å². The monoisotopic (exact) mass is 527 g/mol. The van der Waals surface area contributed by atoms with Crippen molar-refractivity contribution in [2.24, 2.45) is 0 Å². The Bertz CT molecular complexity index is 1120. The minimum Gasteiger partial charge on any atom is -0.450 e. The maximum Gasteiger partial charge on any atom is 0.573 e. The number of carbonyl (C=O) groups excluding carboxylic acids is 1. The van der Waals surface area contributed by atoms with Crippen molar-refractivity contribution in [3.05, 3.63) is 95.6 Å². The second kappa shape index (κ2) is 11.4. The van der Waals surface area contributed by atoms with Crippen LogP contribution in [0.5, 0.6) is 11.5 Å². The molecule has 3 rings (SSSR count). The van der Waals surface area contributed by atoms with Gasteiger partial charge in [0.05, 0.1) is 12.1 Å². The summed E-state index contributed by atoms with van der Waals surface area (Å²) >= 11 is 0. The van der Waals surface area contributed by atoms with Gasteiger partial charge in [0.25, 0.3) is 0 Å². The number of alkyl carbamates (subject to hydrolysis) is 1. The van der Waals surface area contributed by atoms with Gasteiger partial charge in [0, 0.05) is 6.42 Å². The van der Waals surface area contributed by atoms with Crippen LogP contribution in [0.25, 0.3) is 0 Å². The quantitative estimate of drug-likeness (QED) is 0.302. The molecule has 0 fully saturated rings. The van der Waals surface area contributed by atoms with Crippen LogP contribution < -0.4 is 14.8 Å². The molecule has 0 unspecified atom stereocenters. The Morgan fingerprint density at radius 1 is 0.757 bits per heavy atom. The highest BCUT2D eigenvalue weighted by Crippen LogP contribution is 2.38. The first-order chi connectivity index (χ1) is 17.4. The molecule has 0 aliphatic rings. The van der Waals surface area contributed by atoms with Crippen LogP contribution in [-0.4, -0.2) is 25.4 Å². The molecule has 0 bridgehead atoms. The van der Waals surface area contributed by atoms with Crippen LogP contribution in [0.2, 0.25) is 0 Å². The average Bonchev–Trinajstić information content (AvgIpc) is 2.81. The van der Waals surface area contributed by atoms with Gasteiger partial charge in [-0.25, -0.2) is 4.79 Å². The summed E-state index contributed by atoms with van der Waals surface area (Å²) in [5.74, 6) is -1.15. The second-order valence-corrected chi connectivity index (χ2v) is 7.98. The Hall–Kier alpha value is -3.89. The largest absolute Gasteiger partial charge is 0.573 e. The number of hydrogen-bond acceptors (Lipinski definition) is 4. The number of amides is 1. The fourth-order valence-corrected chi connectivity index (χ4v) is 3.78. The number of benzene rings is 3. The summed E-state index contributed by atoms with van der Waals surface area (Å²) in [6.07, 6.45) is -10.5. The predicted molar refractivity (Wildman–Crippen MR) is 122 cm³/mol. The normalized spacial score (nSPS) is 12.1. The standard InChI is InChI=1S/C26H23F6NO4/c1-2-14-35-23(34)33-24(17-18-8-4-3-5-9-18,19-10-6-12-21(15-19)36-25(27,28)29)20-11-7-13-22(16-20)37-26(30,31)32/h3-13,15-16H,2,14,17H2,1H3,(H,33,34). The van der Waals surface area contributed by atoms with Crippen molar-refractivity contribution in [3.8, 4) is 11.5 Å². The molecule has 11 heteroatoms. The van der Waals surface area contributed by atoms with Gasteiger partial charge in [0.1, 0.15) is 11.5 Å². The van der Waals surface area contributed by atoms with Gasteiger partial charge in [-0.3, -0.25) is 0 Å². The van der Waals surface area contributed by atoms with Gasteiger partial charge in [-0.05, 0) is 47.4 Å². The summed E-state index contributed by atoms with van der Waals surface area (Å²) in [6.45, 7) is 1.81. The molecule has 3 aromatic carbocycles. The Labute approximate surface area is 209 Å². The van der Waals surface area contributed by atoms with E-state index in [1.54, 1.807) is 37.3 Å². The van der Waals surface area contributed by atoms with Gasteiger partial charge in [-0.1, -0.05) is 61.5 Å². The minimum atomic E-state index is -4.99. The van der Waals surface area contributed by atoms with Crippen LogP contribution in [0.4, 0.5) is 31.1 Å². The van der Waals surface area contributed by atoms with E-state index in [1.165, 1.54) is 24.3 Å². The summed E-state index contributed by atoms with van der Waals surface area (Å²) in [5, 5.41) is 2.69. The van der Waals surface area contributed by atoms with E-state index in [4.69, 9.17) is 4.74 Å². The van der Waals surface area contributed by atoms with E-state index in [9.17, 15) is 31.1 Å². The molecule has 0 saturated heterocycles. The van der Waals surface area contributed by atoms with Gasteiger partial charge in [-0.15, -0.1) is 26.3 Å². The minimum absolute atomic E-state index is 0.0434. The molecule has 0 aliphatic heterocycles. The highest BCUT2D eigenvalue weighted by molar-refractivity contribution is 5.70. The first kappa shape index (κ1) is 27.7. The van der Waals surface area contributed by atoms with E-state index in [2.05, 4.69) is 14.8 Å². The number of nitrogens with one attached hydrogen (secondary N) is 1. The number of ether oxygens (including phenoxy) is 3. The molecule has 1 N–H and O–H groups in total. The van der Waals surface area contributed by atoms with Gasteiger partial charge in [0.15, 0.2) is 0 Å². The lowest BCUT2D eigenvalue weighted by molar-refractivity contribution is -0.275. The smallest absolute Gasteiger partial charge is 0.450 e. The molecule has 198 valence electrons. The fraction of sp³-hybridized carbons (Fsp3) is 0.269. The molecule has 5 nitrogen and oxygen atoms in total. The number of halogens is 6. The zero-order valence-corrected chi connectivity index (χ0v) is 19.5. The summed E-state index contributed by atoms with van der Waals surface area (Å²) in [5.41, 5.74) is -0.837. The Balaban J connectivity index is 2.23. The highest BCUT2D eigenvalue weighted by atomic mass is 19.4. The van der Waals surface area contributed by atoms with Crippen molar-refractivity contribution in [3.63, 3.8) is 0 Å². The lowest BCUT2D eigenvalue weighted by Gasteiger charge is -2.36. The van der Waals surface area contributed by atoms with Crippen molar-refractivity contribution in [2.75, 3.05) is 6.61 Å². The van der Waals surface area contributed by atoms with E-state index in [0.29, 0.717) is 12.0 Å².